The third-order valence-electron chi connectivity index (χ3n) is 2.18. The fourth-order valence-electron chi connectivity index (χ4n) is 1.27. The Morgan fingerprint density at radius 1 is 1.35 bits per heavy atom. The number of carboxylic acids is 1. The molecule has 0 aromatic carbocycles. The van der Waals surface area contributed by atoms with Gasteiger partial charge in [0, 0.05) is 6.54 Å². The molecule has 0 spiro atoms. The van der Waals surface area contributed by atoms with Crippen LogP contribution in [-0.4, -0.2) is 59.3 Å². The number of carbonyl (C=O) groups is 2. The first-order valence-corrected chi connectivity index (χ1v) is 5.52. The topological polar surface area (TPSA) is 164 Å². The quantitative estimate of drug-likeness (QED) is 0.471. The second-order valence-corrected chi connectivity index (χ2v) is 3.61. The molecule has 2 amide bonds. The Morgan fingerprint density at radius 2 is 2.20 bits per heavy atom. The molecule has 0 atom stereocenters. The Labute approximate surface area is 111 Å². The van der Waals surface area contributed by atoms with Crippen LogP contribution in [0.3, 0.4) is 0 Å². The van der Waals surface area contributed by atoms with Crippen molar-refractivity contribution < 1.29 is 14.7 Å². The Morgan fingerprint density at radius 3 is 2.85 bits per heavy atom. The highest BCUT2D eigenvalue weighted by atomic mass is 16.4. The highest BCUT2D eigenvalue weighted by Crippen LogP contribution is 1.91. The molecular weight excluding hydrogens is 270 g/mol. The minimum absolute atomic E-state index is 0.147. The summed E-state index contributed by atoms with van der Waals surface area (Å²) in [7, 11) is 0. The summed E-state index contributed by atoms with van der Waals surface area (Å²) in [4.78, 5) is 22.0. The first-order chi connectivity index (χ1) is 9.65. The van der Waals surface area contributed by atoms with E-state index in [0.29, 0.717) is 12.4 Å². The van der Waals surface area contributed by atoms with E-state index in [1.54, 1.807) is 0 Å². The average Bonchev–Trinajstić information content (AvgIpc) is 3.07. The van der Waals surface area contributed by atoms with Gasteiger partial charge in [-0.15, -0.1) is 15.3 Å². The molecule has 0 aliphatic rings. The van der Waals surface area contributed by atoms with E-state index in [0.717, 1.165) is 0 Å². The van der Waals surface area contributed by atoms with Crippen molar-refractivity contribution in [2.75, 3.05) is 6.54 Å². The Balaban J connectivity index is 1.67. The van der Waals surface area contributed by atoms with Crippen LogP contribution >= 0.6 is 0 Å². The molecule has 4 N–H and O–H groups in total. The molecule has 12 nitrogen and oxygen atoms in total. The Kier molecular flexibility index (Phi) is 4.16. The number of rotatable bonds is 6. The van der Waals surface area contributed by atoms with E-state index >= 15 is 0 Å². The van der Waals surface area contributed by atoms with Gasteiger partial charge in [-0.05, 0) is 0 Å². The maximum atomic E-state index is 11.4. The Bertz CT molecular complexity index is 578. The maximum absolute atomic E-state index is 11.4. The van der Waals surface area contributed by atoms with Crippen LogP contribution in [0.1, 0.15) is 16.3 Å². The molecule has 2 heterocycles. The number of nitrogens with one attached hydrogen (secondary N) is 3. The van der Waals surface area contributed by atoms with Gasteiger partial charge < -0.3 is 15.7 Å². The van der Waals surface area contributed by atoms with Crippen LogP contribution in [0.5, 0.6) is 0 Å². The van der Waals surface area contributed by atoms with Crippen LogP contribution in [0, 0.1) is 0 Å². The molecule has 0 unspecified atom stereocenters. The number of carboxylic acid groups (broad SMARTS) is 1. The number of aromatic carboxylic acids is 1. The summed E-state index contributed by atoms with van der Waals surface area (Å²) in [5, 5.41) is 33.7. The molecule has 2 rings (SSSR count). The molecule has 0 radical (unpaired) electrons. The number of urea groups is 1. The first-order valence-electron chi connectivity index (χ1n) is 5.52. The van der Waals surface area contributed by atoms with Gasteiger partial charge in [-0.25, -0.2) is 14.3 Å². The number of hydrogen-bond donors (Lipinski definition) is 4. The number of H-pyrrole nitrogens is 1. The van der Waals surface area contributed by atoms with E-state index in [4.69, 9.17) is 5.11 Å². The average molecular weight is 281 g/mol. The number of aromatic amines is 1. The summed E-state index contributed by atoms with van der Waals surface area (Å²) >= 11 is 0. The molecule has 0 saturated carbocycles. The van der Waals surface area contributed by atoms with Crippen LogP contribution in [0.2, 0.25) is 0 Å². The van der Waals surface area contributed by atoms with E-state index in [2.05, 4.69) is 41.6 Å². The van der Waals surface area contributed by atoms with Gasteiger partial charge in [-0.2, -0.15) is 5.21 Å². The van der Waals surface area contributed by atoms with Crippen LogP contribution in [-0.2, 0) is 13.1 Å². The van der Waals surface area contributed by atoms with Gasteiger partial charge in [-0.1, -0.05) is 10.4 Å². The number of amides is 2. The van der Waals surface area contributed by atoms with Crippen molar-refractivity contribution in [1.29, 1.82) is 0 Å². The summed E-state index contributed by atoms with van der Waals surface area (Å²) in [6.45, 7) is 0.714. The fraction of sp³-hybridized carbons (Fsp3) is 0.375. The fourth-order valence-corrected chi connectivity index (χ4v) is 1.27. The lowest BCUT2D eigenvalue weighted by atomic mass is 10.5. The predicted octanol–water partition coefficient (Wildman–Crippen LogP) is -2.01. The van der Waals surface area contributed by atoms with Crippen molar-refractivity contribution in [1.82, 2.24) is 46.3 Å². The first kappa shape index (κ1) is 13.4. The van der Waals surface area contributed by atoms with Crippen LogP contribution in [0.25, 0.3) is 0 Å². The van der Waals surface area contributed by atoms with Crippen molar-refractivity contribution in [3.8, 4) is 0 Å². The number of hydrogen-bond acceptors (Lipinski definition) is 7. The third kappa shape index (κ3) is 3.72. The number of nitrogens with zero attached hydrogens (tertiary/aromatic N) is 6. The largest absolute Gasteiger partial charge is 0.476 e. The molecule has 12 heteroatoms. The number of carbonyl (C=O) groups excluding carboxylic acids is 1. The predicted molar refractivity (Wildman–Crippen MR) is 61.4 cm³/mol. The van der Waals surface area contributed by atoms with Crippen LogP contribution in [0.15, 0.2) is 6.20 Å². The summed E-state index contributed by atoms with van der Waals surface area (Å²) < 4.78 is 1.32. The normalized spacial score (nSPS) is 10.2. The highest BCUT2D eigenvalue weighted by molar-refractivity contribution is 5.84. The minimum atomic E-state index is -1.15. The van der Waals surface area contributed by atoms with Crippen LogP contribution < -0.4 is 10.6 Å². The highest BCUT2D eigenvalue weighted by Gasteiger charge is 2.08. The molecule has 2 aromatic rings. The summed E-state index contributed by atoms with van der Waals surface area (Å²) in [5.74, 6) is -0.787. The van der Waals surface area contributed by atoms with Crippen molar-refractivity contribution in [3.05, 3.63) is 17.7 Å². The monoisotopic (exact) mass is 281 g/mol. The van der Waals surface area contributed by atoms with E-state index < -0.39 is 12.0 Å². The second-order valence-electron chi connectivity index (χ2n) is 3.61. The zero-order valence-corrected chi connectivity index (χ0v) is 10.1. The van der Waals surface area contributed by atoms with E-state index in [9.17, 15) is 9.59 Å². The lowest BCUT2D eigenvalue weighted by molar-refractivity contribution is 0.0690. The van der Waals surface area contributed by atoms with Crippen molar-refractivity contribution in [3.63, 3.8) is 0 Å². The van der Waals surface area contributed by atoms with Gasteiger partial charge in [0.05, 0.1) is 19.3 Å². The van der Waals surface area contributed by atoms with Gasteiger partial charge in [-0.3, -0.25) is 0 Å². The zero-order valence-electron chi connectivity index (χ0n) is 10.1. The lowest BCUT2D eigenvalue weighted by Gasteiger charge is -2.05. The maximum Gasteiger partial charge on any atom is 0.358 e. The van der Waals surface area contributed by atoms with E-state index in [1.807, 2.05) is 0 Å². The summed E-state index contributed by atoms with van der Waals surface area (Å²) in [5.41, 5.74) is -0.147. The Hall–Kier alpha value is -3.05. The van der Waals surface area contributed by atoms with Gasteiger partial charge in [0.1, 0.15) is 0 Å². The van der Waals surface area contributed by atoms with Gasteiger partial charge >= 0.3 is 12.0 Å². The number of tetrazole rings is 1. The minimum Gasteiger partial charge on any atom is -0.476 e. The SMILES string of the molecule is O=C(NCCn1cc(C(=O)O)nn1)NCc1nn[nH]n1. The molecule has 0 bridgehead atoms. The molecule has 0 aliphatic carbocycles. The molecule has 20 heavy (non-hydrogen) atoms. The van der Waals surface area contributed by atoms with Crippen molar-refractivity contribution >= 4 is 12.0 Å². The molecule has 0 aliphatic heterocycles. The molecule has 0 fully saturated rings. The van der Waals surface area contributed by atoms with Gasteiger partial charge in [0.25, 0.3) is 0 Å². The van der Waals surface area contributed by atoms with E-state index in [-0.39, 0.29) is 18.8 Å². The molecule has 2 aromatic heterocycles. The lowest BCUT2D eigenvalue weighted by Crippen LogP contribution is -2.37. The molecular formula is C8H11N9O3. The van der Waals surface area contributed by atoms with Gasteiger partial charge in [0.2, 0.25) is 0 Å². The third-order valence-corrected chi connectivity index (χ3v) is 2.18. The van der Waals surface area contributed by atoms with Crippen LogP contribution in [0.4, 0.5) is 4.79 Å². The van der Waals surface area contributed by atoms with Crippen molar-refractivity contribution in [2.24, 2.45) is 0 Å². The summed E-state index contributed by atoms with van der Waals surface area (Å²) in [6.07, 6.45) is 1.28. The molecule has 0 saturated heterocycles. The standard InChI is InChI=1S/C8H11N9O3/c18-7(19)5-4-17(16-11-5)2-1-9-8(20)10-3-6-12-14-15-13-6/h4H,1-3H2,(H,18,19)(H2,9,10,20)(H,12,13,14,15). The van der Waals surface area contributed by atoms with Crippen molar-refractivity contribution in [2.45, 2.75) is 13.1 Å². The molecule has 106 valence electrons. The van der Waals surface area contributed by atoms with E-state index in [1.165, 1.54) is 10.9 Å². The smallest absolute Gasteiger partial charge is 0.358 e. The summed E-state index contributed by atoms with van der Waals surface area (Å²) in [6, 6.07) is -0.409. The number of aromatic nitrogens is 7. The second kappa shape index (κ2) is 6.21. The van der Waals surface area contributed by atoms with Gasteiger partial charge in [0.15, 0.2) is 11.5 Å². The zero-order chi connectivity index (χ0) is 14.4.